The molecule has 3 atom stereocenters. The standard InChI is InChI=1S/C18H24N2O4.C18H14O8/c1-4-24-18(21)13-10-20-6-5-11-7-16(22-2)17(23-3)8-12(11)15(20)9-14(13)19;19-15(20)13(25-17(23)11-7-3-1-4-8-11)14(16(21)22)26-18(24)12-9-5-2-6-10-12/h7-8,15H,4-6,9-10,19H2,1-3H3;1-10,13-14H,(H,19,20)(H,21,22)/t15-;13-,14-/m00/s1. The number of aliphatic carboxylic acids is 2. The van der Waals surface area contributed by atoms with Gasteiger partial charge in [-0.15, -0.1) is 0 Å². The zero-order valence-electron chi connectivity index (χ0n) is 27.7. The second-order valence-corrected chi connectivity index (χ2v) is 11.1. The van der Waals surface area contributed by atoms with Gasteiger partial charge in [-0.3, -0.25) is 4.90 Å². The largest absolute Gasteiger partial charge is 0.493 e. The summed E-state index contributed by atoms with van der Waals surface area (Å²) in [4.78, 5) is 61.2. The zero-order valence-corrected chi connectivity index (χ0v) is 27.7. The molecule has 0 bridgehead atoms. The van der Waals surface area contributed by atoms with E-state index in [4.69, 9.17) is 29.4 Å². The summed E-state index contributed by atoms with van der Waals surface area (Å²) in [5.74, 6) is -4.47. The molecule has 0 aliphatic carbocycles. The fraction of sp³-hybridized carbons (Fsp3) is 0.306. The summed E-state index contributed by atoms with van der Waals surface area (Å²) in [6, 6.07) is 19.1. The number of hydrogen-bond acceptors (Lipinski definition) is 12. The van der Waals surface area contributed by atoms with Crippen LogP contribution in [0.2, 0.25) is 0 Å². The summed E-state index contributed by atoms with van der Waals surface area (Å²) in [7, 11) is 3.28. The van der Waals surface area contributed by atoms with Crippen LogP contribution in [0.1, 0.15) is 51.2 Å². The number of carbonyl (C=O) groups is 5. The molecule has 264 valence electrons. The lowest BCUT2D eigenvalue weighted by molar-refractivity contribution is -0.166. The third-order valence-electron chi connectivity index (χ3n) is 8.05. The van der Waals surface area contributed by atoms with Crippen molar-refractivity contribution in [3.63, 3.8) is 0 Å². The summed E-state index contributed by atoms with van der Waals surface area (Å²) < 4.78 is 25.5. The Balaban J connectivity index is 0.000000225. The van der Waals surface area contributed by atoms with Gasteiger partial charge in [0, 0.05) is 31.2 Å². The molecular weight excluding hydrogens is 652 g/mol. The number of nitrogens with zero attached hydrogens (tertiary/aromatic N) is 1. The molecule has 0 unspecified atom stereocenters. The van der Waals surface area contributed by atoms with Crippen molar-refractivity contribution < 1.29 is 57.9 Å². The number of carbonyl (C=O) groups excluding carboxylic acids is 3. The zero-order chi connectivity index (χ0) is 36.4. The second kappa shape index (κ2) is 17.0. The van der Waals surface area contributed by atoms with Crippen molar-refractivity contribution in [1.29, 1.82) is 0 Å². The monoisotopic (exact) mass is 690 g/mol. The van der Waals surface area contributed by atoms with E-state index in [0.717, 1.165) is 24.5 Å². The molecule has 3 aromatic rings. The molecule has 0 amide bonds. The van der Waals surface area contributed by atoms with E-state index in [9.17, 15) is 34.2 Å². The Morgan fingerprint density at radius 1 is 0.800 bits per heavy atom. The molecule has 14 nitrogen and oxygen atoms in total. The normalized spacial score (nSPS) is 16.2. The van der Waals surface area contributed by atoms with Gasteiger partial charge in [-0.25, -0.2) is 24.0 Å². The van der Waals surface area contributed by atoms with E-state index in [1.165, 1.54) is 59.7 Å². The molecule has 14 heteroatoms. The number of benzene rings is 3. The Labute approximate surface area is 287 Å². The highest BCUT2D eigenvalue weighted by Gasteiger charge is 2.41. The molecule has 0 radical (unpaired) electrons. The number of hydrogen-bond donors (Lipinski definition) is 3. The maximum absolute atomic E-state index is 12.1. The minimum atomic E-state index is -2.21. The van der Waals surface area contributed by atoms with Crippen LogP contribution in [-0.2, 0) is 35.0 Å². The Hall–Kier alpha value is -5.89. The van der Waals surface area contributed by atoms with Crippen molar-refractivity contribution in [2.24, 2.45) is 5.73 Å². The van der Waals surface area contributed by atoms with E-state index in [1.807, 2.05) is 12.1 Å². The van der Waals surface area contributed by atoms with E-state index in [2.05, 4.69) is 4.90 Å². The first-order valence-corrected chi connectivity index (χ1v) is 15.6. The number of carboxylic acids is 2. The van der Waals surface area contributed by atoms with E-state index >= 15 is 0 Å². The van der Waals surface area contributed by atoms with Crippen molar-refractivity contribution in [3.8, 4) is 11.5 Å². The van der Waals surface area contributed by atoms with Gasteiger partial charge < -0.3 is 39.6 Å². The fourth-order valence-electron chi connectivity index (χ4n) is 5.56. The van der Waals surface area contributed by atoms with Crippen LogP contribution in [0.3, 0.4) is 0 Å². The highest BCUT2D eigenvalue weighted by atomic mass is 16.6. The number of methoxy groups -OCH3 is 2. The van der Waals surface area contributed by atoms with Crippen molar-refractivity contribution in [3.05, 3.63) is 106 Å². The maximum Gasteiger partial charge on any atom is 0.349 e. The van der Waals surface area contributed by atoms with Gasteiger partial charge in [0.15, 0.2) is 11.5 Å². The summed E-state index contributed by atoms with van der Waals surface area (Å²) >= 11 is 0. The van der Waals surface area contributed by atoms with Crippen LogP contribution in [-0.4, -0.2) is 91.1 Å². The first kappa shape index (κ1) is 36.9. The summed E-state index contributed by atoms with van der Waals surface area (Å²) in [5, 5.41) is 18.5. The quantitative estimate of drug-likeness (QED) is 0.195. The first-order chi connectivity index (χ1) is 24.0. The van der Waals surface area contributed by atoms with Gasteiger partial charge in [0.05, 0.1) is 37.5 Å². The minimum Gasteiger partial charge on any atom is -0.493 e. The van der Waals surface area contributed by atoms with Gasteiger partial charge in [-0.05, 0) is 60.9 Å². The SMILES string of the molecule is CCOC(=O)C1=C(N)C[C@H]2c3cc(OC)c(OC)cc3CCN2C1.O=C(O[C@H](C(=O)O)[C@H](OC(=O)c1ccccc1)C(=O)O)c1ccccc1. The highest BCUT2D eigenvalue weighted by molar-refractivity contribution is 5.95. The number of carboxylic acid groups (broad SMARTS) is 2. The molecule has 0 saturated heterocycles. The van der Waals surface area contributed by atoms with Gasteiger partial charge in [0.25, 0.3) is 0 Å². The second-order valence-electron chi connectivity index (χ2n) is 11.1. The number of ether oxygens (including phenoxy) is 5. The van der Waals surface area contributed by atoms with Gasteiger partial charge in [-0.2, -0.15) is 0 Å². The molecule has 0 aromatic heterocycles. The lowest BCUT2D eigenvalue weighted by Crippen LogP contribution is -2.45. The molecule has 2 heterocycles. The smallest absolute Gasteiger partial charge is 0.349 e. The third kappa shape index (κ3) is 8.76. The average molecular weight is 691 g/mol. The predicted molar refractivity (Wildman–Crippen MR) is 177 cm³/mol. The van der Waals surface area contributed by atoms with Crippen LogP contribution >= 0.6 is 0 Å². The highest BCUT2D eigenvalue weighted by Crippen LogP contribution is 2.42. The van der Waals surface area contributed by atoms with Crippen molar-refractivity contribution in [2.45, 2.75) is 38.0 Å². The summed E-state index contributed by atoms with van der Waals surface area (Å²) in [6.45, 7) is 3.57. The number of fused-ring (bicyclic) bond motifs is 3. The van der Waals surface area contributed by atoms with E-state index < -0.39 is 36.1 Å². The predicted octanol–water partition coefficient (Wildman–Crippen LogP) is 3.39. The molecular formula is C36H38N2O12. The van der Waals surface area contributed by atoms with Crippen LogP contribution in [0.25, 0.3) is 0 Å². The molecule has 3 aromatic carbocycles. The van der Waals surface area contributed by atoms with Crippen LogP contribution in [0, 0.1) is 0 Å². The maximum atomic E-state index is 12.1. The molecule has 0 saturated carbocycles. The van der Waals surface area contributed by atoms with Crippen molar-refractivity contribution >= 4 is 29.8 Å². The molecule has 0 fully saturated rings. The van der Waals surface area contributed by atoms with Gasteiger partial charge >= 0.3 is 29.8 Å². The van der Waals surface area contributed by atoms with Gasteiger partial charge in [0.1, 0.15) is 0 Å². The van der Waals surface area contributed by atoms with E-state index in [0.29, 0.717) is 30.8 Å². The van der Waals surface area contributed by atoms with Crippen molar-refractivity contribution in [1.82, 2.24) is 4.90 Å². The topological polar surface area (TPSA) is 201 Å². The van der Waals surface area contributed by atoms with E-state index in [1.54, 1.807) is 33.3 Å². The van der Waals surface area contributed by atoms with Crippen LogP contribution < -0.4 is 15.2 Å². The molecule has 2 aliphatic heterocycles. The number of nitrogens with two attached hydrogens (primary N) is 1. The third-order valence-corrected chi connectivity index (χ3v) is 8.05. The van der Waals surface area contributed by atoms with Crippen molar-refractivity contribution in [2.75, 3.05) is 33.9 Å². The van der Waals surface area contributed by atoms with Crippen LogP contribution in [0.15, 0.2) is 84.1 Å². The minimum absolute atomic E-state index is 0.0253. The molecule has 4 N–H and O–H groups in total. The Bertz CT molecular complexity index is 1670. The Morgan fingerprint density at radius 2 is 1.30 bits per heavy atom. The molecule has 5 rings (SSSR count). The molecule has 50 heavy (non-hydrogen) atoms. The fourth-order valence-corrected chi connectivity index (χ4v) is 5.56. The summed E-state index contributed by atoms with van der Waals surface area (Å²) in [5.41, 5.74) is 9.91. The molecule has 0 spiro atoms. The lowest BCUT2D eigenvalue weighted by atomic mass is 9.86. The number of esters is 3. The van der Waals surface area contributed by atoms with Crippen LogP contribution in [0.4, 0.5) is 0 Å². The van der Waals surface area contributed by atoms with Gasteiger partial charge in [0.2, 0.25) is 12.2 Å². The van der Waals surface area contributed by atoms with Crippen LogP contribution in [0.5, 0.6) is 11.5 Å². The average Bonchev–Trinajstić information content (AvgIpc) is 3.12. The Kier molecular flexibility index (Phi) is 12.5. The molecule has 2 aliphatic rings. The van der Waals surface area contributed by atoms with Gasteiger partial charge in [-0.1, -0.05) is 36.4 Å². The van der Waals surface area contributed by atoms with E-state index in [-0.39, 0.29) is 23.1 Å². The Morgan fingerprint density at radius 3 is 1.76 bits per heavy atom. The first-order valence-electron chi connectivity index (χ1n) is 15.6. The summed E-state index contributed by atoms with van der Waals surface area (Å²) in [6.07, 6.45) is -2.90. The lowest BCUT2D eigenvalue weighted by Gasteiger charge is -2.41. The number of rotatable bonds is 11.